The number of unbranched alkanes of at least 4 members (excludes halogenated alkanes) is 2. The summed E-state index contributed by atoms with van der Waals surface area (Å²) in [5.74, 6) is 0.0501. The first-order valence-electron chi connectivity index (χ1n) is 3.92. The monoisotopic (exact) mass is 157 g/mol. The normalized spacial score (nSPS) is 10.4. The fraction of sp³-hybridized carbons (Fsp3) is 0.750. The molecule has 64 valence electrons. The highest BCUT2D eigenvalue weighted by Crippen LogP contribution is 1.90. The van der Waals surface area contributed by atoms with Gasteiger partial charge in [-0.25, -0.2) is 0 Å². The Balaban J connectivity index is 2.96. The lowest BCUT2D eigenvalue weighted by atomic mass is 10.2. The minimum Gasteiger partial charge on any atom is -0.356 e. The number of hydrogen-bond acceptors (Lipinski definition) is 2. The summed E-state index contributed by atoms with van der Waals surface area (Å²) in [4.78, 5) is 14.3. The van der Waals surface area contributed by atoms with E-state index >= 15 is 0 Å². The van der Waals surface area contributed by atoms with Crippen LogP contribution >= 0.6 is 0 Å². The van der Waals surface area contributed by atoms with Gasteiger partial charge in [0, 0.05) is 20.5 Å². The Kier molecular flexibility index (Phi) is 6.68. The van der Waals surface area contributed by atoms with E-state index in [0.717, 1.165) is 25.8 Å². The van der Waals surface area contributed by atoms with Crippen LogP contribution in [0.5, 0.6) is 0 Å². The maximum absolute atomic E-state index is 10.4. The number of hydrogen-bond donors (Lipinski definition) is 1. The number of nitrogens with one attached hydrogen (secondary N) is 1. The molecule has 0 aliphatic heterocycles. The lowest BCUT2D eigenvalue weighted by molar-refractivity contribution is -0.118. The van der Waals surface area contributed by atoms with Crippen molar-refractivity contribution in [2.24, 2.45) is 4.99 Å². The zero-order valence-corrected chi connectivity index (χ0v) is 7.26. The molecule has 0 aromatic rings. The van der Waals surface area contributed by atoms with Crippen LogP contribution in [0, 0.1) is 0 Å². The van der Waals surface area contributed by atoms with Gasteiger partial charge >= 0.3 is 0 Å². The molecule has 3 nitrogen and oxygen atoms in total. The van der Waals surface area contributed by atoms with Gasteiger partial charge in [0.1, 0.15) is 0 Å². The van der Waals surface area contributed by atoms with Crippen LogP contribution in [-0.2, 0) is 4.79 Å². The molecule has 0 unspecified atom stereocenters. The number of nitrogens with zero attached hydrogens (tertiary/aromatic N) is 1. The van der Waals surface area contributed by atoms with E-state index < -0.39 is 0 Å². The molecule has 0 aromatic carbocycles. The molecular formula is C8H16N2O. The van der Waals surface area contributed by atoms with Crippen LogP contribution in [0.1, 0.15) is 26.2 Å². The smallest absolute Gasteiger partial charge is 0.216 e. The summed E-state index contributed by atoms with van der Waals surface area (Å²) in [5, 5.41) is 2.74. The molecule has 0 bridgehead atoms. The highest BCUT2D eigenvalue weighted by atomic mass is 16.1. The minimum absolute atomic E-state index is 0.0501. The van der Waals surface area contributed by atoms with Crippen molar-refractivity contribution < 1.29 is 4.79 Å². The third-order valence-electron chi connectivity index (χ3n) is 1.32. The van der Waals surface area contributed by atoms with E-state index in [1.165, 1.54) is 6.92 Å². The van der Waals surface area contributed by atoms with Gasteiger partial charge in [-0.1, -0.05) is 0 Å². The quantitative estimate of drug-likeness (QED) is 0.361. The van der Waals surface area contributed by atoms with Crippen LogP contribution in [0.2, 0.25) is 0 Å². The molecule has 0 heterocycles. The van der Waals surface area contributed by atoms with Crippen LogP contribution in [0.4, 0.5) is 0 Å². The molecule has 11 heavy (non-hydrogen) atoms. The Labute approximate surface area is 67.9 Å². The zero-order chi connectivity index (χ0) is 8.53. The molecule has 0 saturated heterocycles. The van der Waals surface area contributed by atoms with Crippen LogP contribution < -0.4 is 5.32 Å². The maximum atomic E-state index is 10.4. The molecule has 0 aliphatic carbocycles. The predicted octanol–water partition coefficient (Wildman–Crippen LogP) is 0.993. The molecular weight excluding hydrogens is 141 g/mol. The second kappa shape index (κ2) is 7.25. The molecule has 1 amide bonds. The summed E-state index contributed by atoms with van der Waals surface area (Å²) < 4.78 is 0. The van der Waals surface area contributed by atoms with E-state index in [-0.39, 0.29) is 5.91 Å². The minimum atomic E-state index is 0.0501. The van der Waals surface area contributed by atoms with Crippen molar-refractivity contribution in [3.63, 3.8) is 0 Å². The Morgan fingerprint density at radius 2 is 2.27 bits per heavy atom. The number of carbonyl (C=O) groups is 1. The lowest BCUT2D eigenvalue weighted by Gasteiger charge is -1.98. The molecule has 0 aliphatic rings. The summed E-state index contributed by atoms with van der Waals surface area (Å²) in [7, 11) is 1.77. The third-order valence-corrected chi connectivity index (χ3v) is 1.32. The molecule has 0 radical (unpaired) electrons. The Hall–Kier alpha value is -0.860. The van der Waals surface area contributed by atoms with Gasteiger partial charge in [-0.05, 0) is 25.5 Å². The number of rotatable bonds is 5. The summed E-state index contributed by atoms with van der Waals surface area (Å²) >= 11 is 0. The van der Waals surface area contributed by atoms with Gasteiger partial charge in [-0.2, -0.15) is 0 Å². The molecule has 0 aromatic heterocycles. The zero-order valence-electron chi connectivity index (χ0n) is 7.26. The maximum Gasteiger partial charge on any atom is 0.216 e. The Morgan fingerprint density at radius 1 is 1.55 bits per heavy atom. The standard InChI is InChI=1S/C8H16N2O/c1-8(11)10-7-5-3-4-6-9-2/h6H,3-5,7H2,1-2H3,(H,10,11)/b9-6-/i2+1. The molecule has 1 N–H and O–H groups in total. The van der Waals surface area contributed by atoms with Gasteiger partial charge in [0.15, 0.2) is 0 Å². The predicted molar refractivity (Wildman–Crippen MR) is 47.0 cm³/mol. The van der Waals surface area contributed by atoms with Crippen molar-refractivity contribution in [1.29, 1.82) is 0 Å². The molecule has 0 fully saturated rings. The molecule has 0 spiro atoms. The topological polar surface area (TPSA) is 41.5 Å². The SMILES string of the molecule is CC(=O)NCCCC/C=N\[13CH3]. The van der Waals surface area contributed by atoms with E-state index in [4.69, 9.17) is 0 Å². The van der Waals surface area contributed by atoms with Crippen LogP contribution in [0.15, 0.2) is 4.99 Å². The molecule has 3 heteroatoms. The molecule has 0 saturated carbocycles. The van der Waals surface area contributed by atoms with Gasteiger partial charge in [-0.3, -0.25) is 4.79 Å². The van der Waals surface area contributed by atoms with Crippen molar-refractivity contribution in [2.45, 2.75) is 26.2 Å². The fourth-order valence-electron chi connectivity index (χ4n) is 0.754. The van der Waals surface area contributed by atoms with E-state index in [2.05, 4.69) is 10.3 Å². The third kappa shape index (κ3) is 9.14. The summed E-state index contributed by atoms with van der Waals surface area (Å²) in [5.41, 5.74) is 0. The number of carbonyl (C=O) groups excluding carboxylic acids is 1. The van der Waals surface area contributed by atoms with Crippen molar-refractivity contribution in [3.8, 4) is 0 Å². The average molecular weight is 157 g/mol. The first kappa shape index (κ1) is 10.1. The molecule has 0 atom stereocenters. The average Bonchev–Trinajstić information content (AvgIpc) is 1.96. The lowest BCUT2D eigenvalue weighted by Crippen LogP contribution is -2.20. The van der Waals surface area contributed by atoms with Crippen LogP contribution in [0.3, 0.4) is 0 Å². The van der Waals surface area contributed by atoms with Crippen LogP contribution in [-0.4, -0.2) is 25.7 Å². The summed E-state index contributed by atoms with van der Waals surface area (Å²) in [6.07, 6.45) is 5.03. The Bertz CT molecular complexity index is 132. The summed E-state index contributed by atoms with van der Waals surface area (Å²) in [6, 6.07) is 0. The highest BCUT2D eigenvalue weighted by Gasteiger charge is 1.89. The Morgan fingerprint density at radius 3 is 2.82 bits per heavy atom. The second-order valence-corrected chi connectivity index (χ2v) is 2.42. The first-order chi connectivity index (χ1) is 5.27. The van der Waals surface area contributed by atoms with Gasteiger partial charge < -0.3 is 10.3 Å². The van der Waals surface area contributed by atoms with E-state index in [9.17, 15) is 4.79 Å². The van der Waals surface area contributed by atoms with Crippen molar-refractivity contribution in [1.82, 2.24) is 5.32 Å². The number of aliphatic imine (C=N–C) groups is 1. The van der Waals surface area contributed by atoms with Crippen molar-refractivity contribution >= 4 is 12.1 Å². The van der Waals surface area contributed by atoms with Gasteiger partial charge in [-0.15, -0.1) is 0 Å². The van der Waals surface area contributed by atoms with E-state index in [1.54, 1.807) is 7.05 Å². The summed E-state index contributed by atoms with van der Waals surface area (Å²) in [6.45, 7) is 2.32. The fourth-order valence-corrected chi connectivity index (χ4v) is 0.754. The highest BCUT2D eigenvalue weighted by molar-refractivity contribution is 5.72. The van der Waals surface area contributed by atoms with E-state index in [1.807, 2.05) is 6.21 Å². The van der Waals surface area contributed by atoms with E-state index in [0.29, 0.717) is 0 Å². The van der Waals surface area contributed by atoms with Gasteiger partial charge in [0.25, 0.3) is 0 Å². The van der Waals surface area contributed by atoms with Gasteiger partial charge in [0.2, 0.25) is 5.91 Å². The second-order valence-electron chi connectivity index (χ2n) is 2.42. The van der Waals surface area contributed by atoms with Gasteiger partial charge in [0.05, 0.1) is 0 Å². The number of amides is 1. The largest absolute Gasteiger partial charge is 0.356 e. The van der Waals surface area contributed by atoms with Crippen molar-refractivity contribution in [3.05, 3.63) is 0 Å². The van der Waals surface area contributed by atoms with Crippen LogP contribution in [0.25, 0.3) is 0 Å². The first-order valence-corrected chi connectivity index (χ1v) is 3.92. The molecule has 0 rings (SSSR count). The van der Waals surface area contributed by atoms with Crippen molar-refractivity contribution in [2.75, 3.05) is 13.6 Å².